The van der Waals surface area contributed by atoms with Crippen LogP contribution in [0.15, 0.2) is 11.5 Å². The van der Waals surface area contributed by atoms with E-state index in [-0.39, 0.29) is 5.12 Å². The van der Waals surface area contributed by atoms with Crippen LogP contribution in [0.4, 0.5) is 0 Å². The van der Waals surface area contributed by atoms with Gasteiger partial charge in [-0.1, -0.05) is 6.58 Å². The van der Waals surface area contributed by atoms with Crippen LogP contribution in [0, 0.1) is 0 Å². The molecule has 0 radical (unpaired) electrons. The van der Waals surface area contributed by atoms with Crippen molar-refractivity contribution in [3.63, 3.8) is 0 Å². The first-order valence-corrected chi connectivity index (χ1v) is 3.26. The average Bonchev–Trinajstić information content (AvgIpc) is 1.91. The monoisotopic (exact) mass is 133 g/mol. The Balaban J connectivity index is 2.65. The van der Waals surface area contributed by atoms with Crippen LogP contribution in [0.5, 0.6) is 0 Å². The molecule has 0 aromatic carbocycles. The van der Waals surface area contributed by atoms with Crippen molar-refractivity contribution in [2.24, 2.45) is 0 Å². The molecule has 0 aromatic heterocycles. The summed E-state index contributed by atoms with van der Waals surface area (Å²) in [7, 11) is 0. The molecule has 1 heterocycles. The zero-order valence-electron chi connectivity index (χ0n) is 3.43. The van der Waals surface area contributed by atoms with E-state index in [0.717, 1.165) is 11.9 Å². The molecule has 0 bridgehead atoms. The third-order valence-corrected chi connectivity index (χ3v) is 2.19. The standard InChI is InChI=1S/C3H3NOS2/c1-2-3(5)7-4-6-2/h4H,1H2. The Kier molecular flexibility index (Phi) is 1.41. The van der Waals surface area contributed by atoms with E-state index in [1.807, 2.05) is 0 Å². The van der Waals surface area contributed by atoms with Crippen LogP contribution in [-0.4, -0.2) is 5.12 Å². The Morgan fingerprint density at radius 1 is 1.57 bits per heavy atom. The van der Waals surface area contributed by atoms with Gasteiger partial charge in [0.2, 0.25) is 5.12 Å². The maximum atomic E-state index is 10.4. The molecule has 1 saturated heterocycles. The van der Waals surface area contributed by atoms with Gasteiger partial charge in [-0.3, -0.25) is 4.79 Å². The third-order valence-electron chi connectivity index (χ3n) is 0.527. The zero-order chi connectivity index (χ0) is 5.28. The number of hydrogen-bond donors (Lipinski definition) is 1. The molecule has 7 heavy (non-hydrogen) atoms. The molecular weight excluding hydrogens is 130 g/mol. The van der Waals surface area contributed by atoms with Crippen molar-refractivity contribution in [2.45, 2.75) is 0 Å². The second-order valence-corrected chi connectivity index (χ2v) is 2.94. The fourth-order valence-corrected chi connectivity index (χ4v) is 1.53. The lowest BCUT2D eigenvalue weighted by Crippen LogP contribution is -1.81. The van der Waals surface area contributed by atoms with Crippen molar-refractivity contribution < 1.29 is 4.79 Å². The summed E-state index contributed by atoms with van der Waals surface area (Å²) in [4.78, 5) is 10.9. The van der Waals surface area contributed by atoms with Crippen molar-refractivity contribution in [2.75, 3.05) is 0 Å². The Morgan fingerprint density at radius 3 is 2.43 bits per heavy atom. The van der Waals surface area contributed by atoms with Crippen LogP contribution >= 0.6 is 23.9 Å². The largest absolute Gasteiger partial charge is 0.280 e. The third kappa shape index (κ3) is 0.992. The summed E-state index contributed by atoms with van der Waals surface area (Å²) in [6.45, 7) is 3.47. The van der Waals surface area contributed by atoms with Crippen molar-refractivity contribution in [1.82, 2.24) is 4.13 Å². The molecule has 1 N–H and O–H groups in total. The second-order valence-electron chi connectivity index (χ2n) is 0.998. The van der Waals surface area contributed by atoms with Gasteiger partial charge in [-0.2, -0.15) is 4.13 Å². The van der Waals surface area contributed by atoms with Gasteiger partial charge in [0.05, 0.1) is 4.91 Å². The van der Waals surface area contributed by atoms with Gasteiger partial charge < -0.3 is 0 Å². The predicted molar refractivity (Wildman–Crippen MR) is 32.5 cm³/mol. The van der Waals surface area contributed by atoms with Crippen molar-refractivity contribution in [3.05, 3.63) is 11.5 Å². The smallest absolute Gasteiger partial charge is 0.242 e. The summed E-state index contributed by atoms with van der Waals surface area (Å²) < 4.78 is 2.71. The minimum Gasteiger partial charge on any atom is -0.280 e. The molecule has 0 saturated carbocycles. The second kappa shape index (κ2) is 1.90. The summed E-state index contributed by atoms with van der Waals surface area (Å²) in [5.41, 5.74) is 0. The molecule has 0 atom stereocenters. The molecule has 2 nitrogen and oxygen atoms in total. The van der Waals surface area contributed by atoms with E-state index in [4.69, 9.17) is 0 Å². The van der Waals surface area contributed by atoms with Gasteiger partial charge >= 0.3 is 0 Å². The molecule has 38 valence electrons. The van der Waals surface area contributed by atoms with Gasteiger partial charge in [0.1, 0.15) is 0 Å². The molecule has 0 amide bonds. The summed E-state index contributed by atoms with van der Waals surface area (Å²) in [6.07, 6.45) is 0. The van der Waals surface area contributed by atoms with Gasteiger partial charge in [0.25, 0.3) is 0 Å². The lowest BCUT2D eigenvalue weighted by atomic mass is 10.7. The van der Waals surface area contributed by atoms with Crippen LogP contribution in [0.3, 0.4) is 0 Å². The molecule has 0 unspecified atom stereocenters. The molecule has 4 heteroatoms. The Labute approximate surface area is 50.0 Å². The fraction of sp³-hybridized carbons (Fsp3) is 0. The van der Waals surface area contributed by atoms with Gasteiger partial charge in [0.15, 0.2) is 0 Å². The molecule has 1 fully saturated rings. The highest BCUT2D eigenvalue weighted by Gasteiger charge is 2.15. The van der Waals surface area contributed by atoms with E-state index >= 15 is 0 Å². The highest BCUT2D eigenvalue weighted by molar-refractivity contribution is 8.28. The zero-order valence-corrected chi connectivity index (χ0v) is 5.06. The minimum atomic E-state index is 0.0324. The molecule has 1 aliphatic rings. The van der Waals surface area contributed by atoms with Crippen LogP contribution in [0.1, 0.15) is 0 Å². The van der Waals surface area contributed by atoms with E-state index in [1.54, 1.807) is 0 Å². The maximum Gasteiger partial charge on any atom is 0.242 e. The SMILES string of the molecule is C=C1SNSC1=O. The lowest BCUT2D eigenvalue weighted by molar-refractivity contribution is -0.107. The number of nitrogens with one attached hydrogen (secondary N) is 1. The van der Waals surface area contributed by atoms with E-state index < -0.39 is 0 Å². The van der Waals surface area contributed by atoms with Gasteiger partial charge in [0, 0.05) is 11.9 Å². The molecule has 1 aliphatic heterocycles. The summed E-state index contributed by atoms with van der Waals surface area (Å²) in [6, 6.07) is 0. The molecule has 1 rings (SSSR count). The Bertz CT molecular complexity index is 108. The minimum absolute atomic E-state index is 0.0324. The molecule has 0 spiro atoms. The molecule has 0 aromatic rings. The fourth-order valence-electron chi connectivity index (χ4n) is 0.208. The first-order chi connectivity index (χ1) is 3.30. The van der Waals surface area contributed by atoms with Gasteiger partial charge in [-0.25, -0.2) is 0 Å². The number of rotatable bonds is 0. The van der Waals surface area contributed by atoms with E-state index in [9.17, 15) is 4.79 Å². The average molecular weight is 133 g/mol. The van der Waals surface area contributed by atoms with E-state index in [0.29, 0.717) is 4.91 Å². The van der Waals surface area contributed by atoms with Crippen LogP contribution in [0.2, 0.25) is 0 Å². The van der Waals surface area contributed by atoms with E-state index in [1.165, 1.54) is 11.9 Å². The van der Waals surface area contributed by atoms with Crippen molar-refractivity contribution >= 4 is 29.0 Å². The number of carbonyl (C=O) groups excluding carboxylic acids is 1. The lowest BCUT2D eigenvalue weighted by Gasteiger charge is -1.75. The topological polar surface area (TPSA) is 29.1 Å². The number of hydrogen-bond acceptors (Lipinski definition) is 4. The van der Waals surface area contributed by atoms with Crippen LogP contribution < -0.4 is 4.13 Å². The van der Waals surface area contributed by atoms with Crippen molar-refractivity contribution in [1.29, 1.82) is 0 Å². The summed E-state index contributed by atoms with van der Waals surface area (Å²) in [5, 5.41) is 0.0324. The predicted octanol–water partition coefficient (Wildman–Crippen LogP) is 0.926. The van der Waals surface area contributed by atoms with Gasteiger partial charge in [-0.05, 0) is 11.9 Å². The Hall–Kier alpha value is 0.0700. The van der Waals surface area contributed by atoms with Crippen LogP contribution in [-0.2, 0) is 4.79 Å². The highest BCUT2D eigenvalue weighted by atomic mass is 32.2. The number of carbonyl (C=O) groups is 1. The highest BCUT2D eigenvalue weighted by Crippen LogP contribution is 2.26. The quantitative estimate of drug-likeness (QED) is 0.393. The van der Waals surface area contributed by atoms with Crippen molar-refractivity contribution in [3.8, 4) is 0 Å². The summed E-state index contributed by atoms with van der Waals surface area (Å²) >= 11 is 2.35. The molecular formula is C3H3NOS2. The first kappa shape index (κ1) is 5.21. The normalized spacial score (nSPS) is 21.1. The summed E-state index contributed by atoms with van der Waals surface area (Å²) in [5.74, 6) is 0. The van der Waals surface area contributed by atoms with Crippen LogP contribution in [0.25, 0.3) is 0 Å². The Morgan fingerprint density at radius 2 is 2.29 bits per heavy atom. The molecule has 0 aliphatic carbocycles. The maximum absolute atomic E-state index is 10.4. The first-order valence-electron chi connectivity index (χ1n) is 1.62. The van der Waals surface area contributed by atoms with Gasteiger partial charge in [-0.15, -0.1) is 0 Å². The van der Waals surface area contributed by atoms with E-state index in [2.05, 4.69) is 10.7 Å².